The Morgan fingerprint density at radius 3 is 2.94 bits per heavy atom. The molecule has 0 amide bonds. The Morgan fingerprint density at radius 1 is 1.44 bits per heavy atom. The van der Waals surface area contributed by atoms with Gasteiger partial charge in [-0.05, 0) is 11.6 Å². The normalized spacial score (nSPS) is 14.5. The molecule has 1 aromatic heterocycles. The Bertz CT molecular complexity index is 398. The largest absolute Gasteiger partial charge is 0.463 e. The average Bonchev–Trinajstić information content (AvgIpc) is 2.89. The summed E-state index contributed by atoms with van der Waals surface area (Å²) < 4.78 is 29.9. The van der Waals surface area contributed by atoms with Crippen molar-refractivity contribution < 1.29 is 13.5 Å². The van der Waals surface area contributed by atoms with E-state index in [-0.39, 0.29) is 13.0 Å². The van der Waals surface area contributed by atoms with Crippen LogP contribution in [0.25, 0.3) is 0 Å². The lowest BCUT2D eigenvalue weighted by Crippen LogP contribution is -2.32. The highest BCUT2D eigenvalue weighted by atomic mass is 19.3. The van der Waals surface area contributed by atoms with Gasteiger partial charge in [-0.15, -0.1) is 0 Å². The summed E-state index contributed by atoms with van der Waals surface area (Å²) in [6.45, 7) is 1.83. The van der Waals surface area contributed by atoms with Gasteiger partial charge in [-0.1, -0.05) is 6.07 Å². The quantitative estimate of drug-likeness (QED) is 0.806. The Morgan fingerprint density at radius 2 is 2.33 bits per heavy atom. The third-order valence-corrected chi connectivity index (χ3v) is 2.55. The van der Waals surface area contributed by atoms with Gasteiger partial charge in [0.15, 0.2) is 0 Å². The van der Waals surface area contributed by atoms with Gasteiger partial charge in [-0.2, -0.15) is 0 Å². The number of rotatable bonds is 5. The van der Waals surface area contributed by atoms with E-state index in [9.17, 15) is 8.78 Å². The summed E-state index contributed by atoms with van der Waals surface area (Å²) in [6, 6.07) is 4.18. The van der Waals surface area contributed by atoms with Gasteiger partial charge in [0.05, 0.1) is 6.54 Å². The molecule has 0 spiro atoms. The number of aliphatic imine (C=N–C) groups is 1. The van der Waals surface area contributed by atoms with E-state index in [0.717, 1.165) is 5.56 Å². The number of hydrogen-bond donors (Lipinski definition) is 0. The highest BCUT2D eigenvalue weighted by Gasteiger charge is 2.18. The molecule has 0 N–H and O–H groups in total. The molecule has 0 radical (unpaired) electrons. The summed E-state index contributed by atoms with van der Waals surface area (Å²) in [5.41, 5.74) is 0.949. The average molecular weight is 255 g/mol. The summed E-state index contributed by atoms with van der Waals surface area (Å²) in [6.07, 6.45) is 0.882. The van der Waals surface area contributed by atoms with Crippen LogP contribution in [0, 0.1) is 0 Å². The van der Waals surface area contributed by atoms with Gasteiger partial charge in [0.1, 0.15) is 6.61 Å². The summed E-state index contributed by atoms with van der Waals surface area (Å²) in [4.78, 5) is 9.90. The van der Waals surface area contributed by atoms with Crippen molar-refractivity contribution in [3.05, 3.63) is 30.1 Å². The van der Waals surface area contributed by atoms with Crippen molar-refractivity contribution in [3.63, 3.8) is 0 Å². The molecule has 18 heavy (non-hydrogen) atoms. The van der Waals surface area contributed by atoms with E-state index in [2.05, 4.69) is 9.98 Å². The van der Waals surface area contributed by atoms with Crippen LogP contribution < -0.4 is 0 Å². The number of halogens is 2. The topological polar surface area (TPSA) is 37.7 Å². The Labute approximate surface area is 104 Å². The smallest absolute Gasteiger partial charge is 0.287 e. The molecule has 1 aliphatic heterocycles. The minimum absolute atomic E-state index is 0.192. The molecule has 1 aliphatic rings. The first-order chi connectivity index (χ1) is 8.75. The first-order valence-corrected chi connectivity index (χ1v) is 5.85. The van der Waals surface area contributed by atoms with E-state index in [1.807, 2.05) is 12.1 Å². The zero-order chi connectivity index (χ0) is 12.8. The third kappa shape index (κ3) is 3.65. The molecular weight excluding hydrogens is 240 g/mol. The molecular formula is C12H15F2N3O. The molecule has 0 aliphatic carbocycles. The van der Waals surface area contributed by atoms with Crippen LogP contribution in [-0.2, 0) is 11.3 Å². The van der Waals surface area contributed by atoms with Crippen LogP contribution in [0.2, 0.25) is 0 Å². The number of ether oxygens (including phenoxy) is 1. The Hall–Kier alpha value is -1.72. The van der Waals surface area contributed by atoms with Crippen molar-refractivity contribution >= 4 is 6.02 Å². The van der Waals surface area contributed by atoms with Crippen molar-refractivity contribution in [3.8, 4) is 0 Å². The number of nitrogens with zero attached hydrogens (tertiary/aromatic N) is 3. The van der Waals surface area contributed by atoms with Crippen molar-refractivity contribution in [2.75, 3.05) is 19.7 Å². The van der Waals surface area contributed by atoms with E-state index in [0.29, 0.717) is 25.7 Å². The third-order valence-electron chi connectivity index (χ3n) is 2.55. The second-order valence-corrected chi connectivity index (χ2v) is 3.98. The van der Waals surface area contributed by atoms with Crippen LogP contribution in [0.5, 0.6) is 0 Å². The second-order valence-electron chi connectivity index (χ2n) is 3.98. The summed E-state index contributed by atoms with van der Waals surface area (Å²) in [7, 11) is 0. The van der Waals surface area contributed by atoms with Crippen LogP contribution in [0.3, 0.4) is 0 Å². The number of pyridine rings is 1. The fraction of sp³-hybridized carbons (Fsp3) is 0.500. The van der Waals surface area contributed by atoms with Gasteiger partial charge in [0.25, 0.3) is 6.02 Å². The van der Waals surface area contributed by atoms with Crippen molar-refractivity contribution in [1.29, 1.82) is 0 Å². The molecule has 0 atom stereocenters. The predicted octanol–water partition coefficient (Wildman–Crippen LogP) is 1.93. The highest BCUT2D eigenvalue weighted by molar-refractivity contribution is 5.75. The van der Waals surface area contributed by atoms with Crippen LogP contribution in [-0.4, -0.2) is 42.0 Å². The van der Waals surface area contributed by atoms with Crippen molar-refractivity contribution in [1.82, 2.24) is 9.88 Å². The summed E-state index contributed by atoms with van der Waals surface area (Å²) >= 11 is 0. The maximum atomic E-state index is 12.3. The lowest BCUT2D eigenvalue weighted by Gasteiger charge is -2.23. The van der Waals surface area contributed by atoms with E-state index in [1.165, 1.54) is 0 Å². The lowest BCUT2D eigenvalue weighted by atomic mass is 10.2. The molecule has 2 heterocycles. The molecule has 1 aromatic rings. The fourth-order valence-electron chi connectivity index (χ4n) is 1.72. The van der Waals surface area contributed by atoms with Crippen LogP contribution >= 0.6 is 0 Å². The summed E-state index contributed by atoms with van der Waals surface area (Å²) in [5.74, 6) is 0. The number of amidine groups is 1. The standard InChI is InChI=1S/C12H15F2N3O/c13-11(14)3-6-17(12-16-5-7-18-12)9-10-2-1-4-15-8-10/h1-2,4,8,11H,3,5-7,9H2. The predicted molar refractivity (Wildman–Crippen MR) is 63.5 cm³/mol. The molecule has 4 nitrogen and oxygen atoms in total. The molecule has 0 saturated carbocycles. The summed E-state index contributed by atoms with van der Waals surface area (Å²) in [5, 5.41) is 0. The van der Waals surface area contributed by atoms with Gasteiger partial charge in [0.2, 0.25) is 6.43 Å². The fourth-order valence-corrected chi connectivity index (χ4v) is 1.72. The van der Waals surface area contributed by atoms with Crippen LogP contribution in [0.15, 0.2) is 29.5 Å². The van der Waals surface area contributed by atoms with E-state index in [4.69, 9.17) is 4.74 Å². The SMILES string of the molecule is FC(F)CCN(Cc1cccnc1)C1=NCCO1. The molecule has 0 fully saturated rings. The lowest BCUT2D eigenvalue weighted by molar-refractivity contribution is 0.122. The van der Waals surface area contributed by atoms with Gasteiger partial charge in [-0.3, -0.25) is 4.98 Å². The molecule has 0 aromatic carbocycles. The molecule has 0 unspecified atom stereocenters. The highest BCUT2D eigenvalue weighted by Crippen LogP contribution is 2.10. The first-order valence-electron chi connectivity index (χ1n) is 5.85. The van der Waals surface area contributed by atoms with Crippen molar-refractivity contribution in [2.45, 2.75) is 19.4 Å². The number of alkyl halides is 2. The zero-order valence-corrected chi connectivity index (χ0v) is 9.93. The minimum atomic E-state index is -2.32. The van der Waals surface area contributed by atoms with E-state index >= 15 is 0 Å². The van der Waals surface area contributed by atoms with Gasteiger partial charge in [0, 0.05) is 31.9 Å². The number of hydrogen-bond acceptors (Lipinski definition) is 4. The van der Waals surface area contributed by atoms with Crippen molar-refractivity contribution in [2.24, 2.45) is 4.99 Å². The Balaban J connectivity index is 2.00. The second kappa shape index (κ2) is 6.28. The van der Waals surface area contributed by atoms with E-state index < -0.39 is 6.43 Å². The van der Waals surface area contributed by atoms with Gasteiger partial charge < -0.3 is 9.64 Å². The molecule has 0 saturated heterocycles. The maximum Gasteiger partial charge on any atom is 0.287 e. The molecule has 0 bridgehead atoms. The van der Waals surface area contributed by atoms with Crippen LogP contribution in [0.1, 0.15) is 12.0 Å². The van der Waals surface area contributed by atoms with E-state index in [1.54, 1.807) is 17.3 Å². The number of aromatic nitrogens is 1. The first kappa shape index (κ1) is 12.7. The maximum absolute atomic E-state index is 12.3. The minimum Gasteiger partial charge on any atom is -0.463 e. The van der Waals surface area contributed by atoms with Crippen LogP contribution in [0.4, 0.5) is 8.78 Å². The van der Waals surface area contributed by atoms with Gasteiger partial charge >= 0.3 is 0 Å². The Kier molecular flexibility index (Phi) is 4.44. The molecule has 2 rings (SSSR count). The zero-order valence-electron chi connectivity index (χ0n) is 9.93. The van der Waals surface area contributed by atoms with Gasteiger partial charge in [-0.25, -0.2) is 13.8 Å². The monoisotopic (exact) mass is 255 g/mol. The molecule has 6 heteroatoms. The molecule has 98 valence electrons.